The topological polar surface area (TPSA) is 75.6 Å². The number of nitrogens with zero attached hydrogens (tertiary/aromatic N) is 4. The van der Waals surface area contributed by atoms with Gasteiger partial charge in [-0.1, -0.05) is 152 Å². The quantitative estimate of drug-likeness (QED) is 0.172. The lowest BCUT2D eigenvalue weighted by Crippen LogP contribution is -2.00. The van der Waals surface area contributed by atoms with Crippen LogP contribution in [-0.4, -0.2) is 15.0 Å². The molecule has 55 heavy (non-hydrogen) atoms. The minimum atomic E-state index is 0.554. The largest absolute Gasteiger partial charge is 0.455 e. The first-order valence-corrected chi connectivity index (χ1v) is 18.2. The number of nitriles is 1. The molecule has 5 heteroatoms. The molecule has 10 rings (SSSR count). The Hall–Kier alpha value is -7.68. The number of hydrogen-bond acceptors (Lipinski definition) is 5. The molecule has 0 fully saturated rings. The van der Waals surface area contributed by atoms with Gasteiger partial charge in [0.1, 0.15) is 11.2 Å². The Morgan fingerprint density at radius 2 is 0.927 bits per heavy atom. The molecular formula is C50H30N4O. The lowest BCUT2D eigenvalue weighted by atomic mass is 9.94. The van der Waals surface area contributed by atoms with Gasteiger partial charge in [-0.3, -0.25) is 0 Å². The molecule has 0 spiro atoms. The number of fused-ring (bicyclic) bond motifs is 5. The fourth-order valence-corrected chi connectivity index (χ4v) is 7.38. The summed E-state index contributed by atoms with van der Waals surface area (Å²) in [5, 5.41) is 13.7. The highest BCUT2D eigenvalue weighted by Crippen LogP contribution is 2.42. The second-order valence-electron chi connectivity index (χ2n) is 13.5. The summed E-state index contributed by atoms with van der Waals surface area (Å²) in [6.07, 6.45) is 0. The van der Waals surface area contributed by atoms with Crippen molar-refractivity contribution in [2.45, 2.75) is 0 Å². The Bertz CT molecular complexity index is 3070. The smallest absolute Gasteiger partial charge is 0.164 e. The van der Waals surface area contributed by atoms with Gasteiger partial charge in [-0.05, 0) is 69.1 Å². The summed E-state index contributed by atoms with van der Waals surface area (Å²) < 4.78 is 6.79. The predicted molar refractivity (Wildman–Crippen MR) is 222 cm³/mol. The van der Waals surface area contributed by atoms with Gasteiger partial charge in [-0.25, -0.2) is 15.0 Å². The zero-order valence-corrected chi connectivity index (χ0v) is 29.5. The second-order valence-corrected chi connectivity index (χ2v) is 13.5. The van der Waals surface area contributed by atoms with Crippen molar-refractivity contribution in [2.24, 2.45) is 0 Å². The van der Waals surface area contributed by atoms with Crippen LogP contribution in [-0.2, 0) is 0 Å². The number of rotatable bonds is 6. The molecule has 10 aromatic rings. The molecule has 8 aromatic carbocycles. The van der Waals surface area contributed by atoms with Crippen LogP contribution in [0.25, 0.3) is 100 Å². The molecule has 0 N–H and O–H groups in total. The van der Waals surface area contributed by atoms with E-state index in [0.717, 1.165) is 71.7 Å². The third-order valence-electron chi connectivity index (χ3n) is 10.2. The average molecular weight is 703 g/mol. The third-order valence-corrected chi connectivity index (χ3v) is 10.2. The lowest BCUT2D eigenvalue weighted by Gasteiger charge is -2.10. The molecule has 0 amide bonds. The van der Waals surface area contributed by atoms with Gasteiger partial charge in [0.25, 0.3) is 0 Å². The molecule has 0 saturated carbocycles. The summed E-state index contributed by atoms with van der Waals surface area (Å²) in [6.45, 7) is 0. The van der Waals surface area contributed by atoms with Crippen molar-refractivity contribution in [1.82, 2.24) is 15.0 Å². The summed E-state index contributed by atoms with van der Waals surface area (Å²) in [5.41, 5.74) is 11.4. The summed E-state index contributed by atoms with van der Waals surface area (Å²) in [6, 6.07) is 64.1. The van der Waals surface area contributed by atoms with Crippen molar-refractivity contribution in [3.05, 3.63) is 188 Å². The fraction of sp³-hybridized carbons (Fsp3) is 0. The van der Waals surface area contributed by atoms with Gasteiger partial charge in [-0.15, -0.1) is 0 Å². The molecule has 0 atom stereocenters. The van der Waals surface area contributed by atoms with Gasteiger partial charge in [-0.2, -0.15) is 5.26 Å². The van der Waals surface area contributed by atoms with E-state index in [-0.39, 0.29) is 0 Å². The Morgan fingerprint density at radius 1 is 0.400 bits per heavy atom. The first kappa shape index (κ1) is 32.0. The van der Waals surface area contributed by atoms with Crippen LogP contribution in [0.3, 0.4) is 0 Å². The zero-order valence-electron chi connectivity index (χ0n) is 29.5. The van der Waals surface area contributed by atoms with Crippen LogP contribution < -0.4 is 0 Å². The lowest BCUT2D eigenvalue weighted by molar-refractivity contribution is 0.673. The molecule has 0 aliphatic rings. The van der Waals surface area contributed by atoms with Gasteiger partial charge in [0.05, 0.1) is 11.6 Å². The molecule has 2 aromatic heterocycles. The minimum absolute atomic E-state index is 0.554. The molecule has 0 aliphatic carbocycles. The Kier molecular flexibility index (Phi) is 7.79. The van der Waals surface area contributed by atoms with Crippen molar-refractivity contribution in [3.63, 3.8) is 0 Å². The van der Waals surface area contributed by atoms with Crippen molar-refractivity contribution >= 4 is 32.7 Å². The van der Waals surface area contributed by atoms with E-state index in [1.807, 2.05) is 91.0 Å². The fourth-order valence-electron chi connectivity index (χ4n) is 7.38. The number of hydrogen-bond donors (Lipinski definition) is 0. The Balaban J connectivity index is 1.10. The van der Waals surface area contributed by atoms with E-state index in [0.29, 0.717) is 23.0 Å². The summed E-state index contributed by atoms with van der Waals surface area (Å²) >= 11 is 0. The molecule has 0 unspecified atom stereocenters. The van der Waals surface area contributed by atoms with E-state index in [1.54, 1.807) is 0 Å². The van der Waals surface area contributed by atoms with E-state index < -0.39 is 0 Å². The minimum Gasteiger partial charge on any atom is -0.455 e. The zero-order chi connectivity index (χ0) is 36.7. The van der Waals surface area contributed by atoms with Crippen LogP contribution in [0, 0.1) is 11.3 Å². The first-order chi connectivity index (χ1) is 27.2. The van der Waals surface area contributed by atoms with Crippen LogP contribution in [0.5, 0.6) is 0 Å². The van der Waals surface area contributed by atoms with Gasteiger partial charge in [0.2, 0.25) is 0 Å². The molecule has 2 heterocycles. The van der Waals surface area contributed by atoms with Crippen LogP contribution in [0.1, 0.15) is 5.56 Å². The van der Waals surface area contributed by atoms with Crippen LogP contribution >= 0.6 is 0 Å². The molecule has 5 nitrogen and oxygen atoms in total. The van der Waals surface area contributed by atoms with Crippen molar-refractivity contribution in [2.75, 3.05) is 0 Å². The van der Waals surface area contributed by atoms with Crippen molar-refractivity contribution in [3.8, 4) is 73.6 Å². The highest BCUT2D eigenvalue weighted by molar-refractivity contribution is 6.21. The Morgan fingerprint density at radius 3 is 1.64 bits per heavy atom. The van der Waals surface area contributed by atoms with Crippen LogP contribution in [0.4, 0.5) is 0 Å². The predicted octanol–water partition coefficient (Wildman–Crippen LogP) is 12.8. The maximum atomic E-state index is 9.40. The van der Waals surface area contributed by atoms with Crippen LogP contribution in [0.2, 0.25) is 0 Å². The summed E-state index contributed by atoms with van der Waals surface area (Å²) in [5.74, 6) is 1.71. The molecular weight excluding hydrogens is 673 g/mol. The third kappa shape index (κ3) is 5.89. The van der Waals surface area contributed by atoms with E-state index in [4.69, 9.17) is 19.4 Å². The van der Waals surface area contributed by atoms with Gasteiger partial charge in [0, 0.05) is 32.8 Å². The van der Waals surface area contributed by atoms with Gasteiger partial charge < -0.3 is 4.42 Å². The van der Waals surface area contributed by atoms with E-state index >= 15 is 0 Å². The number of furan rings is 1. The van der Waals surface area contributed by atoms with Gasteiger partial charge >= 0.3 is 0 Å². The molecule has 256 valence electrons. The first-order valence-electron chi connectivity index (χ1n) is 18.2. The van der Waals surface area contributed by atoms with Crippen molar-refractivity contribution in [1.29, 1.82) is 5.26 Å². The molecule has 0 saturated heterocycles. The number of benzene rings is 8. The second kappa shape index (κ2) is 13.4. The van der Waals surface area contributed by atoms with E-state index in [9.17, 15) is 5.26 Å². The Labute approximate surface area is 317 Å². The monoisotopic (exact) mass is 702 g/mol. The van der Waals surface area contributed by atoms with Crippen molar-refractivity contribution < 1.29 is 4.42 Å². The molecule has 0 bridgehead atoms. The standard InChI is InChI=1S/C50H30N4O/c51-31-32-10-9-16-39(28-32)35-20-24-38(25-21-35)49-52-48(37-13-5-2-6-14-37)53-50(54-49)41-26-27-43-45(30-41)55-47-42-17-8-7-15-40(42)29-44(46(43)47)36-22-18-34(19-23-36)33-11-3-1-4-12-33/h1-30H. The molecule has 0 aliphatic heterocycles. The van der Waals surface area contributed by atoms with Gasteiger partial charge in [0.15, 0.2) is 17.5 Å². The van der Waals surface area contributed by atoms with Crippen LogP contribution in [0.15, 0.2) is 186 Å². The normalized spacial score (nSPS) is 11.3. The maximum absolute atomic E-state index is 9.40. The maximum Gasteiger partial charge on any atom is 0.164 e. The highest BCUT2D eigenvalue weighted by Gasteiger charge is 2.19. The SMILES string of the molecule is N#Cc1cccc(-c2ccc(-c3nc(-c4ccccc4)nc(-c4ccc5c(c4)oc4c6ccccc6cc(-c6ccc(-c7ccccc7)cc6)c54)n3)cc2)c1. The van der Waals surface area contributed by atoms with E-state index in [2.05, 4.69) is 97.1 Å². The number of aromatic nitrogens is 3. The summed E-state index contributed by atoms with van der Waals surface area (Å²) in [7, 11) is 0. The van der Waals surface area contributed by atoms with E-state index in [1.165, 1.54) is 11.1 Å². The summed E-state index contributed by atoms with van der Waals surface area (Å²) in [4.78, 5) is 15.0. The highest BCUT2D eigenvalue weighted by atomic mass is 16.3. The molecule has 0 radical (unpaired) electrons. The average Bonchev–Trinajstić information content (AvgIpc) is 3.66.